The summed E-state index contributed by atoms with van der Waals surface area (Å²) < 4.78 is 24.9. The largest absolute Gasteiger partial charge is 0.295 e. The molecule has 2 rings (SSSR count). The minimum Gasteiger partial charge on any atom is -0.295 e. The smallest absolute Gasteiger partial charge is 0.273 e. The van der Waals surface area contributed by atoms with E-state index in [4.69, 9.17) is 5.14 Å². The van der Waals surface area contributed by atoms with Gasteiger partial charge in [0, 0.05) is 12.0 Å². The van der Waals surface area contributed by atoms with Crippen molar-refractivity contribution in [2.45, 2.75) is 44.8 Å². The normalized spacial score (nSPS) is 12.6. The molecule has 0 fully saturated rings. The van der Waals surface area contributed by atoms with Crippen LogP contribution in [0, 0.1) is 6.92 Å². The maximum atomic E-state index is 11.7. The summed E-state index contributed by atoms with van der Waals surface area (Å²) in [4.78, 5) is 0. The Hall–Kier alpha value is -1.73. The number of rotatable bonds is 3. The first-order valence-electron chi connectivity index (χ1n) is 6.62. The van der Waals surface area contributed by atoms with Crippen LogP contribution in [0.25, 0.3) is 0 Å². The molecular formula is C14H20N4O2S. The van der Waals surface area contributed by atoms with Crippen molar-refractivity contribution in [3.63, 3.8) is 0 Å². The fraction of sp³-hybridized carbons (Fsp3) is 0.429. The minimum atomic E-state index is -3.91. The van der Waals surface area contributed by atoms with Crippen molar-refractivity contribution in [1.29, 1.82) is 0 Å². The average Bonchev–Trinajstić information content (AvgIpc) is 2.72. The summed E-state index contributed by atoms with van der Waals surface area (Å²) in [5.41, 5.74) is 1.71. The number of benzene rings is 1. The van der Waals surface area contributed by atoms with Gasteiger partial charge >= 0.3 is 0 Å². The predicted molar refractivity (Wildman–Crippen MR) is 80.4 cm³/mol. The quantitative estimate of drug-likeness (QED) is 0.932. The zero-order valence-electron chi connectivity index (χ0n) is 12.7. The molecule has 0 saturated heterocycles. The van der Waals surface area contributed by atoms with E-state index in [1.165, 1.54) is 0 Å². The summed E-state index contributed by atoms with van der Waals surface area (Å²) in [6.45, 7) is 7.69. The monoisotopic (exact) mass is 308 g/mol. The standard InChI is InChI=1S/C14H20N4O2S/c1-10-6-5-7-11(8-10)9-12-16-17-13(21(15,19)20)18(12)14(2,3)4/h5-8H,9H2,1-4H3,(H2,15,19,20). The lowest BCUT2D eigenvalue weighted by Gasteiger charge is -2.24. The zero-order chi connectivity index (χ0) is 15.8. The highest BCUT2D eigenvalue weighted by Gasteiger charge is 2.28. The summed E-state index contributed by atoms with van der Waals surface area (Å²) in [6.07, 6.45) is 0.501. The van der Waals surface area contributed by atoms with Crippen molar-refractivity contribution in [3.8, 4) is 0 Å². The van der Waals surface area contributed by atoms with E-state index in [-0.39, 0.29) is 5.16 Å². The molecule has 0 amide bonds. The Balaban J connectivity index is 2.53. The number of hydrogen-bond donors (Lipinski definition) is 1. The molecule has 0 spiro atoms. The van der Waals surface area contributed by atoms with Gasteiger partial charge in [-0.1, -0.05) is 29.8 Å². The van der Waals surface area contributed by atoms with Gasteiger partial charge in [0.05, 0.1) is 0 Å². The van der Waals surface area contributed by atoms with Gasteiger partial charge in [-0.3, -0.25) is 4.57 Å². The van der Waals surface area contributed by atoms with E-state index in [0.717, 1.165) is 11.1 Å². The summed E-state index contributed by atoms with van der Waals surface area (Å²) in [5, 5.41) is 12.8. The molecule has 2 N–H and O–H groups in total. The highest BCUT2D eigenvalue weighted by atomic mass is 32.2. The Morgan fingerprint density at radius 2 is 1.90 bits per heavy atom. The lowest BCUT2D eigenvalue weighted by atomic mass is 10.1. The fourth-order valence-corrected chi connectivity index (χ4v) is 3.07. The molecule has 0 unspecified atom stereocenters. The molecule has 2 aromatic rings. The van der Waals surface area contributed by atoms with Crippen LogP contribution in [0.3, 0.4) is 0 Å². The molecule has 0 aliphatic heterocycles. The minimum absolute atomic E-state index is 0.197. The number of hydrogen-bond acceptors (Lipinski definition) is 4. The van der Waals surface area contributed by atoms with Gasteiger partial charge in [0.2, 0.25) is 0 Å². The molecule has 0 aliphatic rings. The number of nitrogens with zero attached hydrogens (tertiary/aromatic N) is 3. The fourth-order valence-electron chi connectivity index (χ4n) is 2.28. The molecule has 114 valence electrons. The van der Waals surface area contributed by atoms with Crippen LogP contribution >= 0.6 is 0 Å². The number of nitrogens with two attached hydrogens (primary N) is 1. The summed E-state index contributed by atoms with van der Waals surface area (Å²) in [7, 11) is -3.91. The van der Waals surface area contributed by atoms with E-state index in [0.29, 0.717) is 12.2 Å². The van der Waals surface area contributed by atoms with Crippen molar-refractivity contribution in [3.05, 3.63) is 41.2 Å². The molecule has 21 heavy (non-hydrogen) atoms. The molecule has 0 radical (unpaired) electrons. The van der Waals surface area contributed by atoms with Crippen molar-refractivity contribution in [2.75, 3.05) is 0 Å². The zero-order valence-corrected chi connectivity index (χ0v) is 13.5. The van der Waals surface area contributed by atoms with E-state index in [9.17, 15) is 8.42 Å². The van der Waals surface area contributed by atoms with Gasteiger partial charge in [-0.15, -0.1) is 10.2 Å². The first-order chi connectivity index (χ1) is 9.59. The molecule has 0 saturated carbocycles. The molecular weight excluding hydrogens is 288 g/mol. The number of aryl methyl sites for hydroxylation is 1. The van der Waals surface area contributed by atoms with Gasteiger partial charge in [-0.25, -0.2) is 13.6 Å². The van der Waals surface area contributed by atoms with Gasteiger partial charge in [0.25, 0.3) is 15.2 Å². The van der Waals surface area contributed by atoms with Crippen molar-refractivity contribution < 1.29 is 8.42 Å². The van der Waals surface area contributed by atoms with Gasteiger partial charge in [0.1, 0.15) is 5.82 Å². The molecule has 1 aromatic heterocycles. The lowest BCUT2D eigenvalue weighted by Crippen LogP contribution is -2.30. The third kappa shape index (κ3) is 3.48. The van der Waals surface area contributed by atoms with Crippen LogP contribution < -0.4 is 5.14 Å². The van der Waals surface area contributed by atoms with E-state index in [2.05, 4.69) is 10.2 Å². The second-order valence-corrected chi connectivity index (χ2v) is 7.57. The third-order valence-corrected chi connectivity index (χ3v) is 3.84. The van der Waals surface area contributed by atoms with Crippen molar-refractivity contribution in [1.82, 2.24) is 14.8 Å². The third-order valence-electron chi connectivity index (χ3n) is 3.07. The maximum absolute atomic E-state index is 11.7. The van der Waals surface area contributed by atoms with Crippen LogP contribution in [-0.4, -0.2) is 23.2 Å². The summed E-state index contributed by atoms with van der Waals surface area (Å²) in [5.74, 6) is 0.581. The topological polar surface area (TPSA) is 90.9 Å². The molecule has 1 heterocycles. The molecule has 7 heteroatoms. The van der Waals surface area contributed by atoms with E-state index >= 15 is 0 Å². The summed E-state index contributed by atoms with van der Waals surface area (Å²) in [6, 6.07) is 7.99. The Morgan fingerprint density at radius 3 is 2.43 bits per heavy atom. The predicted octanol–water partition coefficient (Wildman–Crippen LogP) is 1.58. The van der Waals surface area contributed by atoms with Crippen LogP contribution in [0.2, 0.25) is 0 Å². The Kier molecular flexibility index (Phi) is 3.90. The molecule has 0 aliphatic carbocycles. The molecule has 0 bridgehead atoms. The maximum Gasteiger partial charge on any atom is 0.273 e. The van der Waals surface area contributed by atoms with Crippen LogP contribution in [-0.2, 0) is 22.0 Å². The van der Waals surface area contributed by atoms with Gasteiger partial charge in [-0.2, -0.15) is 0 Å². The second kappa shape index (κ2) is 5.23. The van der Waals surface area contributed by atoms with Gasteiger partial charge < -0.3 is 0 Å². The Labute approximate surface area is 125 Å². The highest BCUT2D eigenvalue weighted by Crippen LogP contribution is 2.22. The van der Waals surface area contributed by atoms with Gasteiger partial charge in [-0.05, 0) is 33.3 Å². The number of sulfonamides is 1. The summed E-state index contributed by atoms with van der Waals surface area (Å²) >= 11 is 0. The molecule has 1 aromatic carbocycles. The van der Waals surface area contributed by atoms with E-state index in [1.807, 2.05) is 52.0 Å². The van der Waals surface area contributed by atoms with Crippen LogP contribution in [0.1, 0.15) is 37.7 Å². The lowest BCUT2D eigenvalue weighted by molar-refractivity contribution is 0.351. The number of primary sulfonamides is 1. The van der Waals surface area contributed by atoms with Crippen molar-refractivity contribution in [2.24, 2.45) is 5.14 Å². The van der Waals surface area contributed by atoms with Crippen LogP contribution in [0.5, 0.6) is 0 Å². The Morgan fingerprint density at radius 1 is 1.24 bits per heavy atom. The van der Waals surface area contributed by atoms with Crippen molar-refractivity contribution >= 4 is 10.0 Å². The molecule has 0 atom stereocenters. The second-order valence-electron chi connectivity index (χ2n) is 6.12. The SMILES string of the molecule is Cc1cccc(Cc2nnc(S(N)(=O)=O)n2C(C)(C)C)c1. The first kappa shape index (κ1) is 15.7. The van der Waals surface area contributed by atoms with Crippen LogP contribution in [0.15, 0.2) is 29.4 Å². The van der Waals surface area contributed by atoms with E-state index in [1.54, 1.807) is 4.57 Å². The van der Waals surface area contributed by atoms with E-state index < -0.39 is 15.6 Å². The number of aromatic nitrogens is 3. The average molecular weight is 308 g/mol. The molecule has 6 nitrogen and oxygen atoms in total. The van der Waals surface area contributed by atoms with Gasteiger partial charge in [0.15, 0.2) is 0 Å². The first-order valence-corrected chi connectivity index (χ1v) is 8.17. The highest BCUT2D eigenvalue weighted by molar-refractivity contribution is 7.89. The van der Waals surface area contributed by atoms with Crippen LogP contribution in [0.4, 0.5) is 0 Å². The Bertz CT molecular complexity index is 758.